The standard InChI is InChI=1S/C15H19N/c1-3-10-15(13-16,11-4-2)12-14-8-6-5-7-9-14/h3,5-10H,4,11-12H2,1-2H3/b10-3-. The van der Waals surface area contributed by atoms with Gasteiger partial charge in [-0.1, -0.05) is 55.8 Å². The summed E-state index contributed by atoms with van der Waals surface area (Å²) in [5.74, 6) is 0. The van der Waals surface area contributed by atoms with Gasteiger partial charge in [0.2, 0.25) is 0 Å². The van der Waals surface area contributed by atoms with Gasteiger partial charge in [-0.15, -0.1) is 0 Å². The van der Waals surface area contributed by atoms with Crippen molar-refractivity contribution in [1.29, 1.82) is 5.26 Å². The van der Waals surface area contributed by atoms with Crippen LogP contribution in [-0.2, 0) is 6.42 Å². The summed E-state index contributed by atoms with van der Waals surface area (Å²) in [5.41, 5.74) is 0.904. The highest BCUT2D eigenvalue weighted by Crippen LogP contribution is 2.29. The van der Waals surface area contributed by atoms with Crippen molar-refractivity contribution in [1.82, 2.24) is 0 Å². The third-order valence-electron chi connectivity index (χ3n) is 2.77. The topological polar surface area (TPSA) is 23.8 Å². The smallest absolute Gasteiger partial charge is 0.0793 e. The van der Waals surface area contributed by atoms with Crippen LogP contribution in [0.3, 0.4) is 0 Å². The summed E-state index contributed by atoms with van der Waals surface area (Å²) < 4.78 is 0. The van der Waals surface area contributed by atoms with Gasteiger partial charge in [0.15, 0.2) is 0 Å². The van der Waals surface area contributed by atoms with E-state index in [4.69, 9.17) is 0 Å². The van der Waals surface area contributed by atoms with E-state index in [0.717, 1.165) is 19.3 Å². The maximum Gasteiger partial charge on any atom is 0.0793 e. The van der Waals surface area contributed by atoms with E-state index >= 15 is 0 Å². The first-order valence-electron chi connectivity index (χ1n) is 5.85. The molecule has 1 heteroatoms. The quantitative estimate of drug-likeness (QED) is 0.675. The highest BCUT2D eigenvalue weighted by atomic mass is 14.4. The van der Waals surface area contributed by atoms with Crippen LogP contribution in [0, 0.1) is 16.7 Å². The zero-order valence-electron chi connectivity index (χ0n) is 10.1. The first-order chi connectivity index (χ1) is 7.76. The molecule has 1 unspecified atom stereocenters. The van der Waals surface area contributed by atoms with Gasteiger partial charge in [-0.25, -0.2) is 0 Å². The zero-order chi connectivity index (χ0) is 11.9. The first kappa shape index (κ1) is 12.5. The van der Waals surface area contributed by atoms with Crippen LogP contribution < -0.4 is 0 Å². The van der Waals surface area contributed by atoms with Crippen LogP contribution in [0.25, 0.3) is 0 Å². The number of rotatable bonds is 5. The first-order valence-corrected chi connectivity index (χ1v) is 5.85. The average molecular weight is 213 g/mol. The van der Waals surface area contributed by atoms with Crippen molar-refractivity contribution in [2.24, 2.45) is 5.41 Å². The minimum atomic E-state index is -0.329. The van der Waals surface area contributed by atoms with Gasteiger partial charge in [-0.2, -0.15) is 5.26 Å². The van der Waals surface area contributed by atoms with Crippen LogP contribution in [-0.4, -0.2) is 0 Å². The van der Waals surface area contributed by atoms with Gasteiger partial charge in [-0.05, 0) is 25.3 Å². The molecule has 0 aliphatic carbocycles. The van der Waals surface area contributed by atoms with E-state index in [-0.39, 0.29) is 5.41 Å². The molecule has 1 nitrogen and oxygen atoms in total. The van der Waals surface area contributed by atoms with Gasteiger partial charge < -0.3 is 0 Å². The Morgan fingerprint density at radius 3 is 2.50 bits per heavy atom. The van der Waals surface area contributed by atoms with E-state index in [2.05, 4.69) is 25.1 Å². The number of allylic oxidation sites excluding steroid dienone is 2. The van der Waals surface area contributed by atoms with Crippen molar-refractivity contribution in [3.05, 3.63) is 48.0 Å². The maximum atomic E-state index is 9.40. The highest BCUT2D eigenvalue weighted by Gasteiger charge is 2.25. The number of nitrogens with zero attached hydrogens (tertiary/aromatic N) is 1. The Kier molecular flexibility index (Phi) is 4.79. The minimum absolute atomic E-state index is 0.329. The molecule has 16 heavy (non-hydrogen) atoms. The number of hydrogen-bond acceptors (Lipinski definition) is 1. The lowest BCUT2D eigenvalue weighted by molar-refractivity contribution is 0.453. The molecule has 1 atom stereocenters. The zero-order valence-corrected chi connectivity index (χ0v) is 10.1. The fraction of sp³-hybridized carbons (Fsp3) is 0.400. The third kappa shape index (κ3) is 3.24. The number of hydrogen-bond donors (Lipinski definition) is 0. The predicted molar refractivity (Wildman–Crippen MR) is 67.9 cm³/mol. The lowest BCUT2D eigenvalue weighted by Gasteiger charge is -2.22. The van der Waals surface area contributed by atoms with E-state index in [1.54, 1.807) is 0 Å². The summed E-state index contributed by atoms with van der Waals surface area (Å²) in [5, 5.41) is 9.40. The van der Waals surface area contributed by atoms with Crippen LogP contribution >= 0.6 is 0 Å². The molecule has 0 aliphatic heterocycles. The molecule has 0 saturated carbocycles. The van der Waals surface area contributed by atoms with Crippen molar-refractivity contribution >= 4 is 0 Å². The van der Waals surface area contributed by atoms with Gasteiger partial charge in [0.05, 0.1) is 11.5 Å². The molecule has 0 amide bonds. The van der Waals surface area contributed by atoms with E-state index in [9.17, 15) is 5.26 Å². The Morgan fingerprint density at radius 1 is 1.31 bits per heavy atom. The van der Waals surface area contributed by atoms with Gasteiger partial charge in [0, 0.05) is 0 Å². The minimum Gasteiger partial charge on any atom is -0.197 e. The van der Waals surface area contributed by atoms with Gasteiger partial charge in [0.25, 0.3) is 0 Å². The van der Waals surface area contributed by atoms with E-state index in [0.29, 0.717) is 0 Å². The normalized spacial score (nSPS) is 14.6. The molecular formula is C15H19N. The molecule has 0 aliphatic rings. The molecule has 84 valence electrons. The van der Waals surface area contributed by atoms with Crippen LogP contribution in [0.5, 0.6) is 0 Å². The molecular weight excluding hydrogens is 194 g/mol. The lowest BCUT2D eigenvalue weighted by Crippen LogP contribution is -2.18. The largest absolute Gasteiger partial charge is 0.197 e. The van der Waals surface area contributed by atoms with Crippen molar-refractivity contribution in [2.75, 3.05) is 0 Å². The summed E-state index contributed by atoms with van der Waals surface area (Å²) in [6.45, 7) is 4.10. The Labute approximate surface area is 98.4 Å². The Balaban J connectivity index is 2.91. The summed E-state index contributed by atoms with van der Waals surface area (Å²) in [4.78, 5) is 0. The second kappa shape index (κ2) is 6.12. The molecule has 0 heterocycles. The number of benzene rings is 1. The molecule has 0 aromatic heterocycles. The second-order valence-corrected chi connectivity index (χ2v) is 4.18. The van der Waals surface area contributed by atoms with E-state index in [1.807, 2.05) is 37.3 Å². The Morgan fingerprint density at radius 2 is 2.00 bits per heavy atom. The van der Waals surface area contributed by atoms with Crippen LogP contribution in [0.2, 0.25) is 0 Å². The van der Waals surface area contributed by atoms with Crippen LogP contribution in [0.4, 0.5) is 0 Å². The fourth-order valence-electron chi connectivity index (χ4n) is 2.09. The lowest BCUT2D eigenvalue weighted by atomic mass is 9.79. The van der Waals surface area contributed by atoms with E-state index in [1.165, 1.54) is 5.56 Å². The molecule has 0 N–H and O–H groups in total. The number of nitriles is 1. The second-order valence-electron chi connectivity index (χ2n) is 4.18. The summed E-state index contributed by atoms with van der Waals surface area (Å²) in [6.07, 6.45) is 6.79. The average Bonchev–Trinajstić information content (AvgIpc) is 2.31. The SMILES string of the molecule is C/C=C\C(C#N)(CCC)Cc1ccccc1. The molecule has 0 bridgehead atoms. The fourth-order valence-corrected chi connectivity index (χ4v) is 2.09. The summed E-state index contributed by atoms with van der Waals surface area (Å²) in [7, 11) is 0. The van der Waals surface area contributed by atoms with Crippen molar-refractivity contribution < 1.29 is 0 Å². The van der Waals surface area contributed by atoms with Crippen molar-refractivity contribution in [3.63, 3.8) is 0 Å². The van der Waals surface area contributed by atoms with Crippen LogP contribution in [0.15, 0.2) is 42.5 Å². The van der Waals surface area contributed by atoms with Crippen LogP contribution in [0.1, 0.15) is 32.3 Å². The Hall–Kier alpha value is -1.55. The van der Waals surface area contributed by atoms with Gasteiger partial charge in [-0.3, -0.25) is 0 Å². The highest BCUT2D eigenvalue weighted by molar-refractivity contribution is 5.23. The summed E-state index contributed by atoms with van der Waals surface area (Å²) in [6, 6.07) is 12.7. The maximum absolute atomic E-state index is 9.40. The molecule has 0 radical (unpaired) electrons. The Bertz CT molecular complexity index is 372. The monoisotopic (exact) mass is 213 g/mol. The molecule has 0 spiro atoms. The van der Waals surface area contributed by atoms with Crippen molar-refractivity contribution in [2.45, 2.75) is 33.1 Å². The summed E-state index contributed by atoms with van der Waals surface area (Å²) >= 11 is 0. The van der Waals surface area contributed by atoms with Gasteiger partial charge in [0.1, 0.15) is 0 Å². The molecule has 1 aromatic rings. The van der Waals surface area contributed by atoms with Gasteiger partial charge >= 0.3 is 0 Å². The molecule has 1 rings (SSSR count). The molecule has 1 aromatic carbocycles. The third-order valence-corrected chi connectivity index (χ3v) is 2.77. The molecule has 0 saturated heterocycles. The van der Waals surface area contributed by atoms with Crippen molar-refractivity contribution in [3.8, 4) is 6.07 Å². The van der Waals surface area contributed by atoms with E-state index < -0.39 is 0 Å². The predicted octanol–water partition coefficient (Wildman–Crippen LogP) is 4.12. The molecule has 0 fully saturated rings.